The van der Waals surface area contributed by atoms with Crippen molar-refractivity contribution in [2.45, 2.75) is 50.0 Å². The molecule has 1 saturated heterocycles. The Labute approximate surface area is 133 Å². The second kappa shape index (κ2) is 4.82. The minimum Gasteiger partial charge on any atom is -0.378 e. The van der Waals surface area contributed by atoms with Crippen LogP contribution in [0.25, 0.3) is 0 Å². The van der Waals surface area contributed by atoms with Crippen molar-refractivity contribution >= 4 is 0 Å². The highest BCUT2D eigenvalue weighted by atomic mass is 16.6. The van der Waals surface area contributed by atoms with Gasteiger partial charge >= 0.3 is 0 Å². The molecule has 22 heavy (non-hydrogen) atoms. The molecule has 0 amide bonds. The lowest BCUT2D eigenvalue weighted by Crippen LogP contribution is -2.55. The molecule has 2 heteroatoms. The van der Waals surface area contributed by atoms with Crippen LogP contribution in [-0.4, -0.2) is 25.9 Å². The Kier molecular flexibility index (Phi) is 2.97. The molecule has 1 aromatic carbocycles. The van der Waals surface area contributed by atoms with Crippen molar-refractivity contribution in [3.05, 3.63) is 35.9 Å². The second-order valence-electron chi connectivity index (χ2n) is 8.58. The van der Waals surface area contributed by atoms with E-state index in [1.165, 1.54) is 38.5 Å². The normalized spacial score (nSPS) is 45.2. The van der Waals surface area contributed by atoms with Gasteiger partial charge in [0.25, 0.3) is 0 Å². The summed E-state index contributed by atoms with van der Waals surface area (Å²) in [6.07, 6.45) is 8.87. The van der Waals surface area contributed by atoms with Crippen LogP contribution in [0.3, 0.4) is 0 Å². The molecular formula is C20H26O2. The van der Waals surface area contributed by atoms with Gasteiger partial charge < -0.3 is 9.47 Å². The van der Waals surface area contributed by atoms with Gasteiger partial charge in [-0.15, -0.1) is 0 Å². The van der Waals surface area contributed by atoms with Gasteiger partial charge in [-0.3, -0.25) is 0 Å². The maximum absolute atomic E-state index is 6.10. The summed E-state index contributed by atoms with van der Waals surface area (Å²) in [5, 5.41) is 0. The molecule has 0 spiro atoms. The third-order valence-electron chi connectivity index (χ3n) is 6.68. The van der Waals surface area contributed by atoms with Crippen molar-refractivity contribution < 1.29 is 9.47 Å². The van der Waals surface area contributed by atoms with E-state index in [1.807, 2.05) is 0 Å². The zero-order chi connectivity index (χ0) is 14.6. The molecule has 1 aromatic rings. The molecular weight excluding hydrogens is 272 g/mol. The summed E-state index contributed by atoms with van der Waals surface area (Å²) in [7, 11) is 0. The van der Waals surface area contributed by atoms with E-state index in [1.54, 1.807) is 5.56 Å². The van der Waals surface area contributed by atoms with E-state index in [9.17, 15) is 0 Å². The molecule has 3 atom stereocenters. The van der Waals surface area contributed by atoms with E-state index in [2.05, 4.69) is 30.3 Å². The maximum atomic E-state index is 6.10. The van der Waals surface area contributed by atoms with Gasteiger partial charge in [-0.05, 0) is 66.8 Å². The van der Waals surface area contributed by atoms with Gasteiger partial charge in [0.15, 0.2) is 0 Å². The summed E-state index contributed by atoms with van der Waals surface area (Å²) in [4.78, 5) is 0. The van der Waals surface area contributed by atoms with Crippen LogP contribution in [0.1, 0.15) is 44.1 Å². The first-order valence-corrected chi connectivity index (χ1v) is 9.00. The Hall–Kier alpha value is -0.860. The Bertz CT molecular complexity index is 534. The summed E-state index contributed by atoms with van der Waals surface area (Å²) in [6, 6.07) is 11.3. The molecule has 6 rings (SSSR count). The van der Waals surface area contributed by atoms with E-state index in [0.717, 1.165) is 31.7 Å². The van der Waals surface area contributed by atoms with Crippen molar-refractivity contribution in [2.75, 3.05) is 19.8 Å². The van der Waals surface area contributed by atoms with Crippen LogP contribution in [-0.2, 0) is 14.9 Å². The SMILES string of the molecule is c1ccc(C23CC4CC(CC(COC[C@H]5CO5)(C4)C2)C3)cc1. The third-order valence-corrected chi connectivity index (χ3v) is 6.68. The summed E-state index contributed by atoms with van der Waals surface area (Å²) < 4.78 is 11.4. The first kappa shape index (κ1) is 13.6. The zero-order valence-electron chi connectivity index (χ0n) is 13.3. The lowest BCUT2D eigenvalue weighted by Gasteiger charge is -2.62. The fourth-order valence-corrected chi connectivity index (χ4v) is 6.32. The van der Waals surface area contributed by atoms with Crippen LogP contribution < -0.4 is 0 Å². The van der Waals surface area contributed by atoms with Gasteiger partial charge in [0, 0.05) is 0 Å². The van der Waals surface area contributed by atoms with Crippen molar-refractivity contribution in [1.82, 2.24) is 0 Å². The zero-order valence-corrected chi connectivity index (χ0v) is 13.3. The average Bonchev–Trinajstić information content (AvgIpc) is 3.31. The Morgan fingerprint density at radius 3 is 2.45 bits per heavy atom. The minimum absolute atomic E-state index is 0.400. The number of hydrogen-bond acceptors (Lipinski definition) is 2. The van der Waals surface area contributed by atoms with Crippen molar-refractivity contribution in [3.8, 4) is 0 Å². The molecule has 2 unspecified atom stereocenters. The molecule has 1 aliphatic heterocycles. The number of ether oxygens (including phenoxy) is 2. The number of benzene rings is 1. The van der Waals surface area contributed by atoms with E-state index >= 15 is 0 Å². The van der Waals surface area contributed by atoms with Crippen LogP contribution in [0, 0.1) is 17.3 Å². The predicted octanol–water partition coefficient (Wildman–Crippen LogP) is 3.94. The Morgan fingerprint density at radius 1 is 1.05 bits per heavy atom. The van der Waals surface area contributed by atoms with Crippen LogP contribution >= 0.6 is 0 Å². The van der Waals surface area contributed by atoms with Gasteiger partial charge in [-0.25, -0.2) is 0 Å². The molecule has 118 valence electrons. The second-order valence-corrected chi connectivity index (χ2v) is 8.58. The highest BCUT2D eigenvalue weighted by Gasteiger charge is 2.58. The van der Waals surface area contributed by atoms with Gasteiger partial charge in [0.2, 0.25) is 0 Å². The highest BCUT2D eigenvalue weighted by Crippen LogP contribution is 2.65. The molecule has 4 aliphatic carbocycles. The molecule has 5 aliphatic rings. The number of rotatable bonds is 5. The molecule has 0 aromatic heterocycles. The summed E-state index contributed by atoms with van der Waals surface area (Å²) in [5.41, 5.74) is 2.50. The molecule has 1 heterocycles. The lowest BCUT2D eigenvalue weighted by atomic mass is 9.43. The van der Waals surface area contributed by atoms with Crippen molar-refractivity contribution in [1.29, 1.82) is 0 Å². The Balaban J connectivity index is 1.40. The molecule has 4 saturated carbocycles. The molecule has 0 N–H and O–H groups in total. The monoisotopic (exact) mass is 298 g/mol. The van der Waals surface area contributed by atoms with Gasteiger partial charge in [0.1, 0.15) is 6.10 Å². The van der Waals surface area contributed by atoms with Crippen LogP contribution in [0.15, 0.2) is 30.3 Å². The minimum atomic E-state index is 0.400. The lowest BCUT2D eigenvalue weighted by molar-refractivity contribution is -0.111. The summed E-state index contributed by atoms with van der Waals surface area (Å²) in [5.74, 6) is 1.87. The largest absolute Gasteiger partial charge is 0.378 e. The van der Waals surface area contributed by atoms with Gasteiger partial charge in [0.05, 0.1) is 19.8 Å². The van der Waals surface area contributed by atoms with E-state index in [-0.39, 0.29) is 0 Å². The Morgan fingerprint density at radius 2 is 1.77 bits per heavy atom. The molecule has 5 fully saturated rings. The maximum Gasteiger partial charge on any atom is 0.104 e. The predicted molar refractivity (Wildman–Crippen MR) is 85.8 cm³/mol. The number of epoxide rings is 1. The third kappa shape index (κ3) is 2.23. The van der Waals surface area contributed by atoms with E-state index in [4.69, 9.17) is 9.47 Å². The highest BCUT2D eigenvalue weighted by molar-refractivity contribution is 5.30. The molecule has 4 bridgehead atoms. The fraction of sp³-hybridized carbons (Fsp3) is 0.700. The van der Waals surface area contributed by atoms with E-state index in [0.29, 0.717) is 16.9 Å². The van der Waals surface area contributed by atoms with Gasteiger partial charge in [-0.1, -0.05) is 30.3 Å². The van der Waals surface area contributed by atoms with Crippen LogP contribution in [0.5, 0.6) is 0 Å². The van der Waals surface area contributed by atoms with E-state index < -0.39 is 0 Å². The average molecular weight is 298 g/mol. The smallest absolute Gasteiger partial charge is 0.104 e. The van der Waals surface area contributed by atoms with Crippen LogP contribution in [0.4, 0.5) is 0 Å². The van der Waals surface area contributed by atoms with Gasteiger partial charge in [-0.2, -0.15) is 0 Å². The topological polar surface area (TPSA) is 21.8 Å². The summed E-state index contributed by atoms with van der Waals surface area (Å²) in [6.45, 7) is 2.69. The van der Waals surface area contributed by atoms with Crippen molar-refractivity contribution in [2.24, 2.45) is 17.3 Å². The summed E-state index contributed by atoms with van der Waals surface area (Å²) >= 11 is 0. The first-order chi connectivity index (χ1) is 10.8. The number of hydrogen-bond donors (Lipinski definition) is 0. The van der Waals surface area contributed by atoms with Crippen LogP contribution in [0.2, 0.25) is 0 Å². The quantitative estimate of drug-likeness (QED) is 0.768. The van der Waals surface area contributed by atoms with Crippen molar-refractivity contribution in [3.63, 3.8) is 0 Å². The molecule has 0 radical (unpaired) electrons. The fourth-order valence-electron chi connectivity index (χ4n) is 6.32. The molecule has 2 nitrogen and oxygen atoms in total. The standard InChI is InChI=1S/C20H26O2/c1-2-4-17(5-3-1)20-9-15-6-16(10-20)8-19(7-15,13-20)14-21-11-18-12-22-18/h1-5,15-16,18H,6-14H2/t15?,16?,18-,19?,20?/m0/s1. The first-order valence-electron chi connectivity index (χ1n) is 9.00.